The molecule has 0 aliphatic heterocycles. The fraction of sp³-hybridized carbons (Fsp3) is 0.409. The molecule has 0 unspecified atom stereocenters. The highest BCUT2D eigenvalue weighted by Gasteiger charge is 2.18. The minimum atomic E-state index is -3.46. The molecule has 0 saturated carbocycles. The van der Waals surface area contributed by atoms with Crippen molar-refractivity contribution >= 4 is 21.6 Å². The van der Waals surface area contributed by atoms with Crippen LogP contribution in [0.4, 0.5) is 5.69 Å². The van der Waals surface area contributed by atoms with Crippen LogP contribution in [0.2, 0.25) is 0 Å². The second-order valence-electron chi connectivity index (χ2n) is 6.95. The first-order valence-corrected chi connectivity index (χ1v) is 11.7. The molecule has 8 heteroatoms. The number of benzene rings is 2. The van der Waals surface area contributed by atoms with Gasteiger partial charge in [0, 0.05) is 25.6 Å². The van der Waals surface area contributed by atoms with Gasteiger partial charge in [0.2, 0.25) is 15.9 Å². The van der Waals surface area contributed by atoms with Crippen molar-refractivity contribution in [2.75, 3.05) is 37.9 Å². The van der Waals surface area contributed by atoms with Crippen molar-refractivity contribution in [3.8, 4) is 11.5 Å². The van der Waals surface area contributed by atoms with Gasteiger partial charge < -0.3 is 14.8 Å². The minimum absolute atomic E-state index is 0.0836. The Labute approximate surface area is 179 Å². The molecule has 0 aromatic heterocycles. The molecule has 2 rings (SSSR count). The number of anilines is 1. The SMILES string of the molecule is COc1cccc(CCCNC(=O)CCCN(c2cccc(OC)c2)S(C)(=O)=O)c1. The van der Waals surface area contributed by atoms with Crippen molar-refractivity contribution in [3.05, 3.63) is 54.1 Å². The highest BCUT2D eigenvalue weighted by Crippen LogP contribution is 2.23. The molecule has 1 amide bonds. The largest absolute Gasteiger partial charge is 0.497 e. The summed E-state index contributed by atoms with van der Waals surface area (Å²) in [7, 11) is -0.295. The van der Waals surface area contributed by atoms with Crippen molar-refractivity contribution in [2.24, 2.45) is 0 Å². The summed E-state index contributed by atoms with van der Waals surface area (Å²) in [6.07, 6.45) is 3.50. The fourth-order valence-corrected chi connectivity index (χ4v) is 4.03. The summed E-state index contributed by atoms with van der Waals surface area (Å²) in [6, 6.07) is 14.7. The van der Waals surface area contributed by atoms with E-state index in [0.29, 0.717) is 24.4 Å². The van der Waals surface area contributed by atoms with E-state index in [0.717, 1.165) is 30.4 Å². The Bertz CT molecular complexity index is 931. The number of hydrogen-bond acceptors (Lipinski definition) is 5. The summed E-state index contributed by atoms with van der Waals surface area (Å²) in [5.74, 6) is 1.32. The van der Waals surface area contributed by atoms with E-state index in [1.807, 2.05) is 24.3 Å². The minimum Gasteiger partial charge on any atom is -0.497 e. The summed E-state index contributed by atoms with van der Waals surface area (Å²) < 4.78 is 36.0. The lowest BCUT2D eigenvalue weighted by Gasteiger charge is -2.22. The fourth-order valence-electron chi connectivity index (χ4n) is 3.07. The number of amides is 1. The molecule has 1 N–H and O–H groups in total. The second kappa shape index (κ2) is 11.4. The lowest BCUT2D eigenvalue weighted by molar-refractivity contribution is -0.121. The molecule has 30 heavy (non-hydrogen) atoms. The molecule has 0 aliphatic rings. The standard InChI is InChI=1S/C22H30N2O5S/c1-28-20-11-4-8-18(16-20)9-6-14-23-22(25)13-7-15-24(30(3,26)27)19-10-5-12-21(17-19)29-2/h4-5,8,10-12,16-17H,6-7,9,13-15H2,1-3H3,(H,23,25). The van der Waals surface area contributed by atoms with Gasteiger partial charge in [-0.3, -0.25) is 9.10 Å². The van der Waals surface area contributed by atoms with Crippen LogP contribution in [0.5, 0.6) is 11.5 Å². The smallest absolute Gasteiger partial charge is 0.232 e. The zero-order valence-corrected chi connectivity index (χ0v) is 18.6. The van der Waals surface area contributed by atoms with Gasteiger partial charge in [-0.15, -0.1) is 0 Å². The Kier molecular flexibility index (Phi) is 8.98. The number of nitrogens with zero attached hydrogens (tertiary/aromatic N) is 1. The van der Waals surface area contributed by atoms with Crippen molar-refractivity contribution in [3.63, 3.8) is 0 Å². The van der Waals surface area contributed by atoms with E-state index in [9.17, 15) is 13.2 Å². The van der Waals surface area contributed by atoms with Gasteiger partial charge in [0.25, 0.3) is 0 Å². The highest BCUT2D eigenvalue weighted by atomic mass is 32.2. The number of sulfonamides is 1. The van der Waals surface area contributed by atoms with E-state index in [4.69, 9.17) is 9.47 Å². The van der Waals surface area contributed by atoms with Crippen LogP contribution in [0.1, 0.15) is 24.8 Å². The van der Waals surface area contributed by atoms with Crippen LogP contribution < -0.4 is 19.1 Å². The molecule has 0 saturated heterocycles. The maximum Gasteiger partial charge on any atom is 0.232 e. The summed E-state index contributed by atoms with van der Waals surface area (Å²) in [5, 5.41) is 2.89. The second-order valence-corrected chi connectivity index (χ2v) is 8.85. The number of carbonyl (C=O) groups excluding carboxylic acids is 1. The molecule has 0 bridgehead atoms. The zero-order valence-electron chi connectivity index (χ0n) is 17.8. The third-order valence-corrected chi connectivity index (χ3v) is 5.80. The lowest BCUT2D eigenvalue weighted by atomic mass is 10.1. The van der Waals surface area contributed by atoms with Crippen LogP contribution in [0, 0.1) is 0 Å². The van der Waals surface area contributed by atoms with E-state index in [2.05, 4.69) is 5.32 Å². The number of ether oxygens (including phenoxy) is 2. The predicted molar refractivity (Wildman–Crippen MR) is 119 cm³/mol. The van der Waals surface area contributed by atoms with Gasteiger partial charge in [0.1, 0.15) is 11.5 Å². The van der Waals surface area contributed by atoms with Crippen molar-refractivity contribution in [1.29, 1.82) is 0 Å². The Morgan fingerprint density at radius 3 is 2.33 bits per heavy atom. The monoisotopic (exact) mass is 434 g/mol. The van der Waals surface area contributed by atoms with Gasteiger partial charge in [-0.25, -0.2) is 8.42 Å². The molecular weight excluding hydrogens is 404 g/mol. The number of nitrogens with one attached hydrogen (secondary N) is 1. The lowest BCUT2D eigenvalue weighted by Crippen LogP contribution is -2.32. The maximum absolute atomic E-state index is 12.2. The molecular formula is C22H30N2O5S. The van der Waals surface area contributed by atoms with Crippen molar-refractivity contribution in [1.82, 2.24) is 5.32 Å². The third-order valence-electron chi connectivity index (χ3n) is 4.61. The number of rotatable bonds is 12. The average Bonchev–Trinajstić information content (AvgIpc) is 2.73. The first-order valence-electron chi connectivity index (χ1n) is 9.85. The average molecular weight is 435 g/mol. The molecule has 0 aliphatic carbocycles. The predicted octanol–water partition coefficient (Wildman–Crippen LogP) is 3.00. The molecule has 164 valence electrons. The van der Waals surface area contributed by atoms with E-state index in [1.54, 1.807) is 31.4 Å². The van der Waals surface area contributed by atoms with Gasteiger partial charge in [-0.05, 0) is 49.1 Å². The Morgan fingerprint density at radius 2 is 1.67 bits per heavy atom. The van der Waals surface area contributed by atoms with Crippen LogP contribution in [0.25, 0.3) is 0 Å². The Balaban J connectivity index is 1.77. The number of methoxy groups -OCH3 is 2. The number of carbonyl (C=O) groups is 1. The van der Waals surface area contributed by atoms with Crippen LogP contribution in [-0.4, -0.2) is 47.9 Å². The zero-order chi connectivity index (χ0) is 22.0. The quantitative estimate of drug-likeness (QED) is 0.519. The first kappa shape index (κ1) is 23.5. The molecule has 2 aromatic carbocycles. The van der Waals surface area contributed by atoms with E-state index in [1.165, 1.54) is 11.4 Å². The van der Waals surface area contributed by atoms with Crippen LogP contribution in [0.15, 0.2) is 48.5 Å². The highest BCUT2D eigenvalue weighted by molar-refractivity contribution is 7.92. The Morgan fingerprint density at radius 1 is 1.00 bits per heavy atom. The van der Waals surface area contributed by atoms with Gasteiger partial charge in [0.15, 0.2) is 0 Å². The van der Waals surface area contributed by atoms with Gasteiger partial charge in [0.05, 0.1) is 26.2 Å². The summed E-state index contributed by atoms with van der Waals surface area (Å²) in [6.45, 7) is 0.797. The van der Waals surface area contributed by atoms with E-state index < -0.39 is 10.0 Å². The normalized spacial score (nSPS) is 11.0. The van der Waals surface area contributed by atoms with E-state index >= 15 is 0 Å². The van der Waals surface area contributed by atoms with Crippen molar-refractivity contribution < 1.29 is 22.7 Å². The molecule has 0 spiro atoms. The van der Waals surface area contributed by atoms with Crippen LogP contribution >= 0.6 is 0 Å². The number of aryl methyl sites for hydroxylation is 1. The molecule has 0 atom stereocenters. The first-order chi connectivity index (χ1) is 14.3. The third kappa shape index (κ3) is 7.59. The topological polar surface area (TPSA) is 84.9 Å². The maximum atomic E-state index is 12.2. The van der Waals surface area contributed by atoms with Gasteiger partial charge in [-0.2, -0.15) is 0 Å². The Hall–Kier alpha value is -2.74. The van der Waals surface area contributed by atoms with Gasteiger partial charge in [-0.1, -0.05) is 18.2 Å². The summed E-state index contributed by atoms with van der Waals surface area (Å²) >= 11 is 0. The van der Waals surface area contributed by atoms with Crippen LogP contribution in [-0.2, 0) is 21.2 Å². The van der Waals surface area contributed by atoms with Crippen molar-refractivity contribution in [2.45, 2.75) is 25.7 Å². The molecule has 0 heterocycles. The van der Waals surface area contributed by atoms with Gasteiger partial charge >= 0.3 is 0 Å². The summed E-state index contributed by atoms with van der Waals surface area (Å²) in [5.41, 5.74) is 1.68. The molecule has 0 radical (unpaired) electrons. The number of hydrogen-bond donors (Lipinski definition) is 1. The molecule has 2 aromatic rings. The van der Waals surface area contributed by atoms with E-state index in [-0.39, 0.29) is 18.9 Å². The van der Waals surface area contributed by atoms with Crippen LogP contribution in [0.3, 0.4) is 0 Å². The molecule has 7 nitrogen and oxygen atoms in total. The molecule has 0 fully saturated rings. The summed E-state index contributed by atoms with van der Waals surface area (Å²) in [4.78, 5) is 12.1.